The molecule has 8 heteroatoms. The van der Waals surface area contributed by atoms with E-state index in [9.17, 15) is 17.6 Å². The number of aryl methyl sites for hydroxylation is 1. The summed E-state index contributed by atoms with van der Waals surface area (Å²) in [5, 5.41) is 2.87. The summed E-state index contributed by atoms with van der Waals surface area (Å²) >= 11 is 0. The number of rotatable bonds is 5. The number of piperazine rings is 1. The predicted octanol–water partition coefficient (Wildman–Crippen LogP) is 0.662. The number of hydrogen-bond donors (Lipinski definition) is 2. The van der Waals surface area contributed by atoms with Gasteiger partial charge in [-0.2, -0.15) is 4.31 Å². The standard InChI is InChI=1S/C19H22FN3O3S/c1-15-4-2-6-17(12-15)21-19(24)14-22-8-10-23(11-9-22)27(25,26)18-7-3-5-16(20)13-18/h2-7,12-13H,8-11,14H2,1H3,(H,21,24)/p+1. The summed E-state index contributed by atoms with van der Waals surface area (Å²) in [5.41, 5.74) is 1.82. The first-order chi connectivity index (χ1) is 12.8. The van der Waals surface area contributed by atoms with Crippen LogP contribution in [0.1, 0.15) is 5.56 Å². The van der Waals surface area contributed by atoms with Crippen molar-refractivity contribution >= 4 is 21.6 Å². The minimum atomic E-state index is -3.71. The SMILES string of the molecule is Cc1cccc(NC(=O)C[NH+]2CCN(S(=O)(=O)c3cccc(F)c3)CC2)c1. The van der Waals surface area contributed by atoms with Crippen LogP contribution in [0.5, 0.6) is 0 Å². The summed E-state index contributed by atoms with van der Waals surface area (Å²) in [7, 11) is -3.71. The number of amides is 1. The molecule has 0 bridgehead atoms. The highest BCUT2D eigenvalue weighted by Gasteiger charge is 2.31. The van der Waals surface area contributed by atoms with Crippen LogP contribution in [-0.4, -0.2) is 51.4 Å². The smallest absolute Gasteiger partial charge is 0.279 e. The van der Waals surface area contributed by atoms with Crippen molar-refractivity contribution in [2.75, 3.05) is 38.0 Å². The molecule has 1 amide bonds. The molecule has 0 aromatic heterocycles. The second-order valence-electron chi connectivity index (χ2n) is 6.71. The van der Waals surface area contributed by atoms with Crippen LogP contribution in [0.3, 0.4) is 0 Å². The largest absolute Gasteiger partial charge is 0.325 e. The molecule has 144 valence electrons. The highest BCUT2D eigenvalue weighted by Crippen LogP contribution is 2.16. The lowest BCUT2D eigenvalue weighted by Crippen LogP contribution is -3.15. The quantitative estimate of drug-likeness (QED) is 0.786. The Labute approximate surface area is 158 Å². The van der Waals surface area contributed by atoms with Crippen molar-refractivity contribution in [3.63, 3.8) is 0 Å². The van der Waals surface area contributed by atoms with Crippen molar-refractivity contribution in [3.05, 3.63) is 59.9 Å². The Balaban J connectivity index is 1.55. The predicted molar refractivity (Wildman–Crippen MR) is 101 cm³/mol. The van der Waals surface area contributed by atoms with Crippen molar-refractivity contribution in [2.45, 2.75) is 11.8 Å². The zero-order valence-corrected chi connectivity index (χ0v) is 15.9. The van der Waals surface area contributed by atoms with Gasteiger partial charge in [-0.05, 0) is 42.8 Å². The highest BCUT2D eigenvalue weighted by atomic mass is 32.2. The molecule has 1 aliphatic heterocycles. The Morgan fingerprint density at radius 2 is 1.85 bits per heavy atom. The fourth-order valence-electron chi connectivity index (χ4n) is 3.15. The van der Waals surface area contributed by atoms with Gasteiger partial charge < -0.3 is 10.2 Å². The first-order valence-electron chi connectivity index (χ1n) is 8.80. The number of carbonyl (C=O) groups excluding carboxylic acids is 1. The number of carbonyl (C=O) groups is 1. The normalized spacial score (nSPS) is 16.2. The van der Waals surface area contributed by atoms with Crippen LogP contribution < -0.4 is 10.2 Å². The first-order valence-corrected chi connectivity index (χ1v) is 10.2. The Morgan fingerprint density at radius 3 is 2.52 bits per heavy atom. The molecule has 3 rings (SSSR count). The lowest BCUT2D eigenvalue weighted by molar-refractivity contribution is -0.895. The molecule has 2 aromatic carbocycles. The van der Waals surface area contributed by atoms with Crippen LogP contribution >= 0.6 is 0 Å². The summed E-state index contributed by atoms with van der Waals surface area (Å²) in [5.74, 6) is -0.676. The number of benzene rings is 2. The molecule has 2 aromatic rings. The fourth-order valence-corrected chi connectivity index (χ4v) is 4.62. The van der Waals surface area contributed by atoms with Gasteiger partial charge in [0.05, 0.1) is 31.1 Å². The molecule has 1 fully saturated rings. The van der Waals surface area contributed by atoms with E-state index >= 15 is 0 Å². The van der Waals surface area contributed by atoms with E-state index in [2.05, 4.69) is 5.32 Å². The van der Waals surface area contributed by atoms with Crippen molar-refractivity contribution in [2.24, 2.45) is 0 Å². The van der Waals surface area contributed by atoms with Gasteiger partial charge in [-0.25, -0.2) is 12.8 Å². The Hall–Kier alpha value is -2.29. The second kappa shape index (κ2) is 8.16. The van der Waals surface area contributed by atoms with E-state index in [1.54, 1.807) is 0 Å². The van der Waals surface area contributed by atoms with Crippen LogP contribution in [-0.2, 0) is 14.8 Å². The second-order valence-corrected chi connectivity index (χ2v) is 8.64. The Kier molecular flexibility index (Phi) is 5.88. The average Bonchev–Trinajstić information content (AvgIpc) is 2.62. The molecule has 0 aliphatic carbocycles. The molecule has 27 heavy (non-hydrogen) atoms. The van der Waals surface area contributed by atoms with Crippen LogP contribution in [0.25, 0.3) is 0 Å². The lowest BCUT2D eigenvalue weighted by atomic mass is 10.2. The van der Waals surface area contributed by atoms with Crippen molar-refractivity contribution in [1.82, 2.24) is 4.31 Å². The lowest BCUT2D eigenvalue weighted by Gasteiger charge is -2.31. The third kappa shape index (κ3) is 4.91. The molecule has 0 radical (unpaired) electrons. The maximum Gasteiger partial charge on any atom is 0.279 e. The van der Waals surface area contributed by atoms with Gasteiger partial charge in [-0.3, -0.25) is 4.79 Å². The van der Waals surface area contributed by atoms with Gasteiger partial charge in [-0.1, -0.05) is 18.2 Å². The van der Waals surface area contributed by atoms with Gasteiger partial charge in [-0.15, -0.1) is 0 Å². The van der Waals surface area contributed by atoms with Crippen molar-refractivity contribution in [3.8, 4) is 0 Å². The molecule has 0 spiro atoms. The number of sulfonamides is 1. The van der Waals surface area contributed by atoms with Gasteiger partial charge in [0, 0.05) is 5.69 Å². The number of hydrogen-bond acceptors (Lipinski definition) is 3. The molecular formula is C19H23FN3O3S+. The molecule has 2 N–H and O–H groups in total. The van der Waals surface area contributed by atoms with Crippen LogP contribution in [0.2, 0.25) is 0 Å². The fraction of sp³-hybridized carbons (Fsp3) is 0.316. The van der Waals surface area contributed by atoms with E-state index in [1.807, 2.05) is 31.2 Å². The zero-order chi connectivity index (χ0) is 19.4. The monoisotopic (exact) mass is 392 g/mol. The molecule has 1 saturated heterocycles. The summed E-state index contributed by atoms with van der Waals surface area (Å²) in [4.78, 5) is 13.2. The van der Waals surface area contributed by atoms with E-state index in [1.165, 1.54) is 22.5 Å². The van der Waals surface area contributed by atoms with Gasteiger partial charge in [0.1, 0.15) is 5.82 Å². The summed E-state index contributed by atoms with van der Waals surface area (Å²) in [6, 6.07) is 12.6. The number of nitrogens with zero attached hydrogens (tertiary/aromatic N) is 1. The molecule has 1 aliphatic rings. The van der Waals surface area contributed by atoms with E-state index in [4.69, 9.17) is 0 Å². The minimum absolute atomic E-state index is 0.0388. The van der Waals surface area contributed by atoms with Crippen molar-refractivity contribution in [1.29, 1.82) is 0 Å². The Morgan fingerprint density at radius 1 is 1.15 bits per heavy atom. The maximum absolute atomic E-state index is 13.3. The summed E-state index contributed by atoms with van der Waals surface area (Å²) < 4.78 is 39.9. The maximum atomic E-state index is 13.3. The number of nitrogens with one attached hydrogen (secondary N) is 2. The topological polar surface area (TPSA) is 70.9 Å². The Bertz CT molecular complexity index is 925. The van der Waals surface area contributed by atoms with E-state index in [0.29, 0.717) is 26.2 Å². The molecular weight excluding hydrogens is 369 g/mol. The first kappa shape index (κ1) is 19.5. The van der Waals surface area contributed by atoms with Crippen molar-refractivity contribution < 1.29 is 22.5 Å². The van der Waals surface area contributed by atoms with Gasteiger partial charge >= 0.3 is 0 Å². The van der Waals surface area contributed by atoms with Crippen LogP contribution in [0, 0.1) is 12.7 Å². The van der Waals surface area contributed by atoms with E-state index in [0.717, 1.165) is 22.2 Å². The molecule has 1 heterocycles. The van der Waals surface area contributed by atoms with Gasteiger partial charge in [0.15, 0.2) is 6.54 Å². The number of anilines is 1. The minimum Gasteiger partial charge on any atom is -0.325 e. The van der Waals surface area contributed by atoms with Crippen LogP contribution in [0.4, 0.5) is 10.1 Å². The third-order valence-electron chi connectivity index (χ3n) is 4.58. The number of halogens is 1. The van der Waals surface area contributed by atoms with Gasteiger partial charge in [0.25, 0.3) is 5.91 Å². The summed E-state index contributed by atoms with van der Waals surface area (Å²) in [6.07, 6.45) is 0. The third-order valence-corrected chi connectivity index (χ3v) is 6.47. The number of quaternary nitrogens is 1. The molecule has 0 saturated carbocycles. The van der Waals surface area contributed by atoms with Gasteiger partial charge in [0.2, 0.25) is 10.0 Å². The van der Waals surface area contributed by atoms with E-state index < -0.39 is 15.8 Å². The zero-order valence-electron chi connectivity index (χ0n) is 15.1. The molecule has 0 atom stereocenters. The average molecular weight is 392 g/mol. The van der Waals surface area contributed by atoms with Crippen LogP contribution in [0.15, 0.2) is 53.4 Å². The molecule has 6 nitrogen and oxygen atoms in total. The molecule has 0 unspecified atom stereocenters. The van der Waals surface area contributed by atoms with E-state index in [-0.39, 0.29) is 17.3 Å². The summed E-state index contributed by atoms with van der Waals surface area (Å²) in [6.45, 7) is 3.88. The highest BCUT2D eigenvalue weighted by molar-refractivity contribution is 7.89.